The van der Waals surface area contributed by atoms with E-state index < -0.39 is 4.92 Å². The van der Waals surface area contributed by atoms with Gasteiger partial charge in [-0.2, -0.15) is 4.98 Å². The molecule has 110 valence electrons. The molecule has 3 N–H and O–H groups in total. The van der Waals surface area contributed by atoms with E-state index in [-0.39, 0.29) is 17.5 Å². The fourth-order valence-corrected chi connectivity index (χ4v) is 1.74. The minimum atomic E-state index is -0.629. The third-order valence-corrected chi connectivity index (χ3v) is 2.99. The quantitative estimate of drug-likeness (QED) is 0.464. The summed E-state index contributed by atoms with van der Waals surface area (Å²) in [6.45, 7) is 0.829. The molecule has 1 aromatic heterocycles. The Bertz CT molecular complexity index is 635. The molecule has 2 aromatic rings. The highest BCUT2D eigenvalue weighted by atomic mass is 79.9. The van der Waals surface area contributed by atoms with Crippen LogP contribution < -0.4 is 15.8 Å². The molecule has 0 saturated carbocycles. The number of nitro groups is 1. The van der Waals surface area contributed by atoms with Crippen LogP contribution in [0.5, 0.6) is 5.75 Å². The Balaban J connectivity index is 1.82. The number of anilines is 2. The smallest absolute Gasteiger partial charge is 0.329 e. The molecule has 0 spiro atoms. The van der Waals surface area contributed by atoms with Crippen LogP contribution in [0.4, 0.5) is 17.5 Å². The van der Waals surface area contributed by atoms with Crippen molar-refractivity contribution in [2.75, 3.05) is 24.2 Å². The molecule has 21 heavy (non-hydrogen) atoms. The van der Waals surface area contributed by atoms with Crippen molar-refractivity contribution in [3.63, 3.8) is 0 Å². The first kappa shape index (κ1) is 15.0. The Hall–Kier alpha value is -2.42. The maximum absolute atomic E-state index is 10.6. The molecule has 2 rings (SSSR count). The molecular weight excluding hydrogens is 342 g/mol. The number of nitrogens with two attached hydrogens (primary N) is 1. The summed E-state index contributed by atoms with van der Waals surface area (Å²) in [6, 6.07) is 7.43. The van der Waals surface area contributed by atoms with E-state index in [2.05, 4.69) is 31.2 Å². The van der Waals surface area contributed by atoms with Gasteiger partial charge in [-0.15, -0.1) is 0 Å². The lowest BCUT2D eigenvalue weighted by Gasteiger charge is -2.07. The molecule has 9 heteroatoms. The predicted molar refractivity (Wildman–Crippen MR) is 81.2 cm³/mol. The van der Waals surface area contributed by atoms with E-state index in [4.69, 9.17) is 10.5 Å². The largest absolute Gasteiger partial charge is 0.492 e. The zero-order valence-corrected chi connectivity index (χ0v) is 12.4. The highest BCUT2D eigenvalue weighted by Crippen LogP contribution is 2.18. The van der Waals surface area contributed by atoms with E-state index in [9.17, 15) is 10.1 Å². The van der Waals surface area contributed by atoms with Gasteiger partial charge in [-0.25, -0.2) is 4.98 Å². The van der Waals surface area contributed by atoms with Crippen LogP contribution in [0.2, 0.25) is 0 Å². The minimum absolute atomic E-state index is 0.175. The SMILES string of the molecule is Nc1nc(NCCOc2ccc(Br)cc2)ncc1[N+](=O)[O-]. The van der Waals surface area contributed by atoms with Crippen LogP contribution >= 0.6 is 15.9 Å². The molecule has 0 saturated heterocycles. The van der Waals surface area contributed by atoms with Crippen LogP contribution in [-0.2, 0) is 0 Å². The van der Waals surface area contributed by atoms with Gasteiger partial charge in [0.25, 0.3) is 0 Å². The second kappa shape index (κ2) is 6.84. The van der Waals surface area contributed by atoms with Crippen molar-refractivity contribution in [3.05, 3.63) is 45.0 Å². The number of ether oxygens (including phenoxy) is 1. The van der Waals surface area contributed by atoms with Crippen molar-refractivity contribution in [1.29, 1.82) is 0 Å². The van der Waals surface area contributed by atoms with Crippen LogP contribution in [0.1, 0.15) is 0 Å². The zero-order valence-electron chi connectivity index (χ0n) is 10.8. The number of hydrogen-bond donors (Lipinski definition) is 2. The summed E-state index contributed by atoms with van der Waals surface area (Å²) in [4.78, 5) is 17.6. The summed E-state index contributed by atoms with van der Waals surface area (Å²) < 4.78 is 6.47. The predicted octanol–water partition coefficient (Wildman–Crippen LogP) is 2.22. The van der Waals surface area contributed by atoms with Crippen molar-refractivity contribution in [2.45, 2.75) is 0 Å². The number of nitrogen functional groups attached to an aromatic ring is 1. The number of benzene rings is 1. The van der Waals surface area contributed by atoms with Crippen molar-refractivity contribution in [3.8, 4) is 5.75 Å². The molecular formula is C12H12BrN5O3. The van der Waals surface area contributed by atoms with Crippen LogP contribution in [0.25, 0.3) is 0 Å². The van der Waals surface area contributed by atoms with Gasteiger partial charge in [-0.1, -0.05) is 15.9 Å². The van der Waals surface area contributed by atoms with Gasteiger partial charge < -0.3 is 15.8 Å². The summed E-state index contributed by atoms with van der Waals surface area (Å²) in [6.07, 6.45) is 1.07. The Morgan fingerprint density at radius 2 is 2.10 bits per heavy atom. The van der Waals surface area contributed by atoms with Crippen LogP contribution in [0.3, 0.4) is 0 Å². The van der Waals surface area contributed by atoms with Gasteiger partial charge in [-0.05, 0) is 24.3 Å². The van der Waals surface area contributed by atoms with E-state index >= 15 is 0 Å². The van der Waals surface area contributed by atoms with Gasteiger partial charge in [0.2, 0.25) is 11.8 Å². The van der Waals surface area contributed by atoms with Crippen LogP contribution in [0, 0.1) is 10.1 Å². The van der Waals surface area contributed by atoms with Gasteiger partial charge in [-0.3, -0.25) is 10.1 Å². The van der Waals surface area contributed by atoms with Crippen molar-refractivity contribution in [1.82, 2.24) is 9.97 Å². The highest BCUT2D eigenvalue weighted by Gasteiger charge is 2.13. The normalized spacial score (nSPS) is 10.1. The van der Waals surface area contributed by atoms with Gasteiger partial charge in [0.05, 0.1) is 11.5 Å². The molecule has 0 fully saturated rings. The number of nitrogens with zero attached hydrogens (tertiary/aromatic N) is 3. The van der Waals surface area contributed by atoms with Crippen molar-refractivity contribution < 1.29 is 9.66 Å². The first-order valence-corrected chi connectivity index (χ1v) is 6.74. The van der Waals surface area contributed by atoms with Gasteiger partial charge in [0.1, 0.15) is 18.6 Å². The minimum Gasteiger partial charge on any atom is -0.492 e. The fourth-order valence-electron chi connectivity index (χ4n) is 1.48. The van der Waals surface area contributed by atoms with Gasteiger partial charge >= 0.3 is 5.69 Å². The lowest BCUT2D eigenvalue weighted by Crippen LogP contribution is -2.14. The third-order valence-electron chi connectivity index (χ3n) is 2.46. The lowest BCUT2D eigenvalue weighted by molar-refractivity contribution is -0.384. The molecule has 8 nitrogen and oxygen atoms in total. The summed E-state index contributed by atoms with van der Waals surface area (Å²) >= 11 is 3.34. The Morgan fingerprint density at radius 3 is 2.71 bits per heavy atom. The van der Waals surface area contributed by atoms with Crippen molar-refractivity contribution in [2.24, 2.45) is 0 Å². The fraction of sp³-hybridized carbons (Fsp3) is 0.167. The summed E-state index contributed by atoms with van der Waals surface area (Å²) in [5.41, 5.74) is 5.15. The first-order valence-electron chi connectivity index (χ1n) is 5.95. The van der Waals surface area contributed by atoms with E-state index in [1.807, 2.05) is 24.3 Å². The Kier molecular flexibility index (Phi) is 4.88. The molecule has 0 radical (unpaired) electrons. The van der Waals surface area contributed by atoms with Crippen LogP contribution in [-0.4, -0.2) is 28.0 Å². The zero-order chi connectivity index (χ0) is 15.2. The monoisotopic (exact) mass is 353 g/mol. The summed E-state index contributed by atoms with van der Waals surface area (Å²) in [7, 11) is 0. The highest BCUT2D eigenvalue weighted by molar-refractivity contribution is 9.10. The maximum atomic E-state index is 10.6. The summed E-state index contributed by atoms with van der Waals surface area (Å²) in [5.74, 6) is 0.785. The molecule has 0 aliphatic heterocycles. The number of hydrogen-bond acceptors (Lipinski definition) is 7. The van der Waals surface area contributed by atoms with Gasteiger partial charge in [0, 0.05) is 4.47 Å². The second-order valence-electron chi connectivity index (χ2n) is 3.95. The van der Waals surface area contributed by atoms with Crippen LogP contribution in [0.15, 0.2) is 34.9 Å². The molecule has 1 aromatic carbocycles. The average molecular weight is 354 g/mol. The maximum Gasteiger partial charge on any atom is 0.329 e. The molecule has 1 heterocycles. The summed E-state index contributed by atoms with van der Waals surface area (Å²) in [5, 5.41) is 13.5. The third kappa shape index (κ3) is 4.28. The van der Waals surface area contributed by atoms with E-state index in [0.29, 0.717) is 13.2 Å². The molecule has 0 atom stereocenters. The Morgan fingerprint density at radius 1 is 1.38 bits per heavy atom. The molecule has 0 amide bonds. The molecule has 0 aliphatic rings. The van der Waals surface area contributed by atoms with E-state index in [0.717, 1.165) is 16.4 Å². The molecule has 0 bridgehead atoms. The average Bonchev–Trinajstić information content (AvgIpc) is 2.45. The van der Waals surface area contributed by atoms with Gasteiger partial charge in [0.15, 0.2) is 0 Å². The number of rotatable bonds is 6. The molecule has 0 unspecified atom stereocenters. The van der Waals surface area contributed by atoms with Crippen molar-refractivity contribution >= 4 is 33.4 Å². The molecule has 0 aliphatic carbocycles. The first-order chi connectivity index (χ1) is 10.1. The second-order valence-corrected chi connectivity index (χ2v) is 4.87. The number of halogens is 1. The number of nitrogens with one attached hydrogen (secondary N) is 1. The van der Waals surface area contributed by atoms with E-state index in [1.54, 1.807) is 0 Å². The standard InChI is InChI=1S/C12H12BrN5O3/c13-8-1-3-9(4-2-8)21-6-5-15-12-16-7-10(18(19)20)11(14)17-12/h1-4,7H,5-6H2,(H3,14,15,16,17). The lowest BCUT2D eigenvalue weighted by atomic mass is 10.3. The van der Waals surface area contributed by atoms with E-state index in [1.165, 1.54) is 0 Å². The number of aromatic nitrogens is 2. The topological polar surface area (TPSA) is 116 Å². The Labute approximate surface area is 128 Å².